The van der Waals surface area contributed by atoms with E-state index in [1.807, 2.05) is 22.6 Å². The zero-order valence-corrected chi connectivity index (χ0v) is 13.5. The average molecular weight is 425 g/mol. The molecule has 2 rings (SSSR count). The molecule has 0 saturated carbocycles. The lowest BCUT2D eigenvalue weighted by Crippen LogP contribution is -2.09. The van der Waals surface area contributed by atoms with Crippen molar-refractivity contribution in [1.29, 1.82) is 0 Å². The van der Waals surface area contributed by atoms with Gasteiger partial charge in [-0.05, 0) is 40.8 Å². The molecule has 1 aromatic carbocycles. The van der Waals surface area contributed by atoms with Crippen molar-refractivity contribution < 1.29 is 18.3 Å². The summed E-state index contributed by atoms with van der Waals surface area (Å²) < 4.78 is 33.1. The van der Waals surface area contributed by atoms with Crippen molar-refractivity contribution in [3.63, 3.8) is 0 Å². The van der Waals surface area contributed by atoms with Crippen molar-refractivity contribution in [2.75, 3.05) is 12.4 Å². The van der Waals surface area contributed by atoms with Gasteiger partial charge < -0.3 is 10.1 Å². The van der Waals surface area contributed by atoms with Crippen LogP contribution in [-0.2, 0) is 4.74 Å². The maximum atomic E-state index is 14.1. The molecule has 0 radical (unpaired) electrons. The van der Waals surface area contributed by atoms with E-state index in [0.29, 0.717) is 3.57 Å². The predicted octanol–water partition coefficient (Wildman–Crippen LogP) is 4.15. The van der Waals surface area contributed by atoms with Crippen LogP contribution in [0.1, 0.15) is 10.4 Å². The Kier molecular flexibility index (Phi) is 4.94. The minimum Gasteiger partial charge on any atom is -0.465 e. The molecule has 0 saturated heterocycles. The Morgan fingerprint density at radius 2 is 2.14 bits per heavy atom. The van der Waals surface area contributed by atoms with E-state index >= 15 is 0 Å². The number of aromatic nitrogens is 1. The van der Waals surface area contributed by atoms with Crippen LogP contribution in [0.25, 0.3) is 0 Å². The van der Waals surface area contributed by atoms with Gasteiger partial charge in [-0.1, -0.05) is 11.6 Å². The quantitative estimate of drug-likeness (QED) is 0.457. The van der Waals surface area contributed by atoms with Crippen LogP contribution in [0, 0.1) is 15.2 Å². The molecule has 0 amide bonds. The molecule has 0 atom stereocenters. The van der Waals surface area contributed by atoms with Gasteiger partial charge in [0.2, 0.25) is 0 Å². The molecular formula is C13H8ClF2IN2O2. The van der Waals surface area contributed by atoms with Gasteiger partial charge in [-0.15, -0.1) is 0 Å². The van der Waals surface area contributed by atoms with Crippen LogP contribution >= 0.6 is 34.2 Å². The predicted molar refractivity (Wildman–Crippen MR) is 82.9 cm³/mol. The molecule has 1 heterocycles. The maximum Gasteiger partial charge on any atom is 0.341 e. The fourth-order valence-corrected chi connectivity index (χ4v) is 2.17. The van der Waals surface area contributed by atoms with Crippen LogP contribution in [0.15, 0.2) is 24.4 Å². The number of carbonyl (C=O) groups is 1. The minimum absolute atomic E-state index is 0.00161. The number of benzene rings is 1. The first-order valence-electron chi connectivity index (χ1n) is 5.58. The number of anilines is 2. The van der Waals surface area contributed by atoms with Gasteiger partial charge >= 0.3 is 5.97 Å². The first kappa shape index (κ1) is 15.9. The van der Waals surface area contributed by atoms with E-state index in [0.717, 1.165) is 13.3 Å². The Morgan fingerprint density at radius 1 is 1.43 bits per heavy atom. The van der Waals surface area contributed by atoms with E-state index in [-0.39, 0.29) is 16.9 Å². The number of nitrogens with zero attached hydrogens (tertiary/aromatic N) is 1. The van der Waals surface area contributed by atoms with Gasteiger partial charge in [-0.2, -0.15) is 0 Å². The molecule has 1 aromatic heterocycles. The first-order valence-corrected chi connectivity index (χ1v) is 7.04. The number of ether oxygens (including phenoxy) is 1. The Labute approximate surface area is 137 Å². The number of halogens is 4. The van der Waals surface area contributed by atoms with Gasteiger partial charge in [-0.25, -0.2) is 18.6 Å². The third kappa shape index (κ3) is 3.41. The number of rotatable bonds is 3. The molecule has 4 nitrogen and oxygen atoms in total. The summed E-state index contributed by atoms with van der Waals surface area (Å²) in [6, 6.07) is 4.32. The molecule has 0 aliphatic carbocycles. The van der Waals surface area contributed by atoms with Gasteiger partial charge in [0.1, 0.15) is 11.4 Å². The smallest absolute Gasteiger partial charge is 0.341 e. The first-order chi connectivity index (χ1) is 9.93. The van der Waals surface area contributed by atoms with Gasteiger partial charge in [0.25, 0.3) is 0 Å². The largest absolute Gasteiger partial charge is 0.465 e. The minimum atomic E-state index is -0.961. The number of hydrogen-bond donors (Lipinski definition) is 1. The second kappa shape index (κ2) is 6.52. The molecule has 0 aliphatic heterocycles. The highest BCUT2D eigenvalue weighted by atomic mass is 127. The highest BCUT2D eigenvalue weighted by Crippen LogP contribution is 2.29. The fraction of sp³-hybridized carbons (Fsp3) is 0.0769. The standard InChI is InChI=1S/C13H8ClF2IN2O2/c1-21-13(20)7-5-18-12(14)10(16)11(7)19-9-3-2-6(17)4-8(9)15/h2-5H,1H3,(H,18,19). The monoisotopic (exact) mass is 424 g/mol. The molecule has 2 aromatic rings. The molecule has 0 fully saturated rings. The highest BCUT2D eigenvalue weighted by Gasteiger charge is 2.20. The van der Waals surface area contributed by atoms with Crippen molar-refractivity contribution >= 4 is 51.5 Å². The van der Waals surface area contributed by atoms with Crippen LogP contribution in [0.2, 0.25) is 5.15 Å². The Bertz CT molecular complexity index is 713. The van der Waals surface area contributed by atoms with E-state index in [4.69, 9.17) is 11.6 Å². The molecule has 110 valence electrons. The summed E-state index contributed by atoms with van der Waals surface area (Å²) in [6.45, 7) is 0. The highest BCUT2D eigenvalue weighted by molar-refractivity contribution is 14.1. The zero-order valence-electron chi connectivity index (χ0n) is 10.6. The van der Waals surface area contributed by atoms with E-state index < -0.39 is 22.8 Å². The maximum absolute atomic E-state index is 14.1. The number of carbonyl (C=O) groups excluding carboxylic acids is 1. The van der Waals surface area contributed by atoms with Gasteiger partial charge in [0, 0.05) is 9.77 Å². The molecule has 0 spiro atoms. The molecular weight excluding hydrogens is 417 g/mol. The molecule has 1 N–H and O–H groups in total. The lowest BCUT2D eigenvalue weighted by molar-refractivity contribution is 0.0601. The van der Waals surface area contributed by atoms with Gasteiger partial charge in [0.15, 0.2) is 11.0 Å². The van der Waals surface area contributed by atoms with Crippen LogP contribution in [0.4, 0.5) is 20.2 Å². The summed E-state index contributed by atoms with van der Waals surface area (Å²) >= 11 is 7.53. The van der Waals surface area contributed by atoms with Crippen molar-refractivity contribution in [3.8, 4) is 0 Å². The average Bonchev–Trinajstić information content (AvgIpc) is 2.45. The van der Waals surface area contributed by atoms with Gasteiger partial charge in [0.05, 0.1) is 18.5 Å². The Morgan fingerprint density at radius 3 is 2.76 bits per heavy atom. The fourth-order valence-electron chi connectivity index (χ4n) is 1.58. The number of nitrogens with one attached hydrogen (secondary N) is 1. The second-order valence-corrected chi connectivity index (χ2v) is 5.50. The molecule has 0 aliphatic rings. The topological polar surface area (TPSA) is 51.2 Å². The molecule has 21 heavy (non-hydrogen) atoms. The van der Waals surface area contributed by atoms with Crippen LogP contribution in [0.5, 0.6) is 0 Å². The van der Waals surface area contributed by atoms with Crippen LogP contribution < -0.4 is 5.32 Å². The van der Waals surface area contributed by atoms with Crippen molar-refractivity contribution in [3.05, 3.63) is 50.3 Å². The molecule has 0 bridgehead atoms. The summed E-state index contributed by atoms with van der Waals surface area (Å²) in [5, 5.41) is 2.08. The molecule has 0 unspecified atom stereocenters. The number of pyridine rings is 1. The summed E-state index contributed by atoms with van der Waals surface area (Å²) in [5.74, 6) is -2.37. The number of hydrogen-bond acceptors (Lipinski definition) is 4. The second-order valence-electron chi connectivity index (χ2n) is 3.89. The van der Waals surface area contributed by atoms with Crippen molar-refractivity contribution in [2.45, 2.75) is 0 Å². The third-order valence-electron chi connectivity index (χ3n) is 2.57. The van der Waals surface area contributed by atoms with Crippen LogP contribution in [-0.4, -0.2) is 18.1 Å². The van der Waals surface area contributed by atoms with Gasteiger partial charge in [-0.3, -0.25) is 0 Å². The van der Waals surface area contributed by atoms with Crippen molar-refractivity contribution in [2.24, 2.45) is 0 Å². The SMILES string of the molecule is COC(=O)c1cnc(Cl)c(F)c1Nc1ccc(I)cc1F. The summed E-state index contributed by atoms with van der Waals surface area (Å²) in [7, 11) is 1.14. The van der Waals surface area contributed by atoms with E-state index in [2.05, 4.69) is 15.0 Å². The zero-order chi connectivity index (χ0) is 15.6. The normalized spacial score (nSPS) is 10.3. The van der Waals surface area contributed by atoms with Crippen LogP contribution in [0.3, 0.4) is 0 Å². The summed E-state index contributed by atoms with van der Waals surface area (Å²) in [4.78, 5) is 15.2. The lowest BCUT2D eigenvalue weighted by Gasteiger charge is -2.13. The Balaban J connectivity index is 2.51. The van der Waals surface area contributed by atoms with E-state index in [1.165, 1.54) is 12.1 Å². The molecule has 8 heteroatoms. The van der Waals surface area contributed by atoms with E-state index in [9.17, 15) is 13.6 Å². The van der Waals surface area contributed by atoms with Crippen molar-refractivity contribution in [1.82, 2.24) is 4.98 Å². The lowest BCUT2D eigenvalue weighted by atomic mass is 10.2. The summed E-state index contributed by atoms with van der Waals surface area (Å²) in [6.07, 6.45) is 1.06. The van der Waals surface area contributed by atoms with E-state index in [1.54, 1.807) is 6.07 Å². The number of methoxy groups -OCH3 is 1. The number of esters is 1. The summed E-state index contributed by atoms with van der Waals surface area (Å²) in [5.41, 5.74) is -0.471. The third-order valence-corrected chi connectivity index (χ3v) is 3.51. The Hall–Kier alpha value is -1.48.